The predicted molar refractivity (Wildman–Crippen MR) is 89.7 cm³/mol. The molecule has 3 heterocycles. The number of anilines is 1. The van der Waals surface area contributed by atoms with Crippen LogP contribution in [0.4, 0.5) is 5.82 Å². The monoisotopic (exact) mass is 311 g/mol. The van der Waals surface area contributed by atoms with Gasteiger partial charge >= 0.3 is 5.97 Å². The van der Waals surface area contributed by atoms with Gasteiger partial charge in [-0.1, -0.05) is 24.3 Å². The molecule has 2 aliphatic rings. The first-order valence-electron chi connectivity index (χ1n) is 8.22. The average molecular weight is 311 g/mol. The highest BCUT2D eigenvalue weighted by molar-refractivity contribution is 5.92. The molecule has 2 N–H and O–H groups in total. The van der Waals surface area contributed by atoms with E-state index in [0.29, 0.717) is 0 Å². The second-order valence-corrected chi connectivity index (χ2v) is 6.82. The van der Waals surface area contributed by atoms with E-state index in [1.54, 1.807) is 0 Å². The summed E-state index contributed by atoms with van der Waals surface area (Å²) in [6.07, 6.45) is 4.67. The number of hydrogen-bond acceptors (Lipinski definition) is 4. The number of carboxylic acid groups (broad SMARTS) is 1. The molecule has 0 amide bonds. The number of pyridine rings is 1. The highest BCUT2D eigenvalue weighted by Crippen LogP contribution is 2.40. The lowest BCUT2D eigenvalue weighted by Crippen LogP contribution is -2.41. The Balaban J connectivity index is 1.53. The third-order valence-corrected chi connectivity index (χ3v) is 5.43. The number of piperidine rings is 1. The van der Waals surface area contributed by atoms with Crippen molar-refractivity contribution in [2.45, 2.75) is 25.3 Å². The Labute approximate surface area is 135 Å². The Morgan fingerprint density at radius 2 is 2.04 bits per heavy atom. The van der Waals surface area contributed by atoms with Crippen LogP contribution in [0.15, 0.2) is 36.5 Å². The number of benzene rings is 1. The molecular weight excluding hydrogens is 290 g/mol. The lowest BCUT2D eigenvalue weighted by Gasteiger charge is -2.39. The molecule has 1 aromatic heterocycles. The van der Waals surface area contributed by atoms with Gasteiger partial charge in [0, 0.05) is 31.2 Å². The number of nitrogens with one attached hydrogen (secondary N) is 1. The molecule has 120 valence electrons. The van der Waals surface area contributed by atoms with Crippen molar-refractivity contribution in [3.8, 4) is 0 Å². The molecule has 0 saturated carbocycles. The number of carboxylic acids is 1. The Kier molecular flexibility index (Phi) is 3.45. The standard InChI is InChI=1S/C18H21N3O2/c22-17(23)15-11-18(12-20-15)6-9-21(10-7-18)16-14-4-2-1-3-13(14)5-8-19-16/h1-5,8,15,20H,6-7,9-12H2,(H,22,23). The first kappa shape index (κ1) is 14.5. The molecule has 2 saturated heterocycles. The summed E-state index contributed by atoms with van der Waals surface area (Å²) < 4.78 is 0. The van der Waals surface area contributed by atoms with Crippen molar-refractivity contribution in [1.82, 2.24) is 10.3 Å². The van der Waals surface area contributed by atoms with Gasteiger partial charge in [-0.15, -0.1) is 0 Å². The minimum absolute atomic E-state index is 0.143. The van der Waals surface area contributed by atoms with E-state index in [-0.39, 0.29) is 11.5 Å². The van der Waals surface area contributed by atoms with Gasteiger partial charge in [0.05, 0.1) is 0 Å². The SMILES string of the molecule is O=C(O)C1CC2(CCN(c3nccc4ccccc34)CC2)CN1. The molecule has 2 fully saturated rings. The smallest absolute Gasteiger partial charge is 0.320 e. The van der Waals surface area contributed by atoms with Gasteiger partial charge in [0.25, 0.3) is 0 Å². The predicted octanol–water partition coefficient (Wildman–Crippen LogP) is 2.27. The summed E-state index contributed by atoms with van der Waals surface area (Å²) in [5.41, 5.74) is 0.143. The zero-order chi connectivity index (χ0) is 15.9. The molecular formula is C18H21N3O2. The van der Waals surface area contributed by atoms with E-state index in [0.717, 1.165) is 44.7 Å². The molecule has 1 spiro atoms. The van der Waals surface area contributed by atoms with Gasteiger partial charge in [-0.3, -0.25) is 4.79 Å². The van der Waals surface area contributed by atoms with Crippen LogP contribution in [0.1, 0.15) is 19.3 Å². The van der Waals surface area contributed by atoms with E-state index in [2.05, 4.69) is 33.4 Å². The molecule has 1 unspecified atom stereocenters. The third-order valence-electron chi connectivity index (χ3n) is 5.43. The summed E-state index contributed by atoms with van der Waals surface area (Å²) in [7, 11) is 0. The Morgan fingerprint density at radius 1 is 1.26 bits per heavy atom. The maximum Gasteiger partial charge on any atom is 0.320 e. The van der Waals surface area contributed by atoms with Crippen LogP contribution in [-0.2, 0) is 4.79 Å². The van der Waals surface area contributed by atoms with Gasteiger partial charge in [-0.05, 0) is 36.1 Å². The maximum atomic E-state index is 11.2. The first-order chi connectivity index (χ1) is 11.2. The van der Waals surface area contributed by atoms with Gasteiger partial charge in [0.2, 0.25) is 0 Å². The molecule has 2 aromatic rings. The van der Waals surface area contributed by atoms with Gasteiger partial charge in [-0.2, -0.15) is 0 Å². The zero-order valence-corrected chi connectivity index (χ0v) is 13.0. The van der Waals surface area contributed by atoms with Crippen LogP contribution >= 0.6 is 0 Å². The van der Waals surface area contributed by atoms with Crippen molar-refractivity contribution in [3.63, 3.8) is 0 Å². The van der Waals surface area contributed by atoms with Crippen LogP contribution in [0.5, 0.6) is 0 Å². The molecule has 0 aliphatic carbocycles. The number of nitrogens with zero attached hydrogens (tertiary/aromatic N) is 2. The Hall–Kier alpha value is -2.14. The summed E-state index contributed by atoms with van der Waals surface area (Å²) in [6.45, 7) is 2.70. The summed E-state index contributed by atoms with van der Waals surface area (Å²) >= 11 is 0. The van der Waals surface area contributed by atoms with Crippen molar-refractivity contribution >= 4 is 22.6 Å². The lowest BCUT2D eigenvalue weighted by molar-refractivity contribution is -0.139. The van der Waals surface area contributed by atoms with Gasteiger partial charge in [0.15, 0.2) is 0 Å². The largest absolute Gasteiger partial charge is 0.480 e. The minimum atomic E-state index is -0.722. The van der Waals surface area contributed by atoms with Crippen molar-refractivity contribution in [3.05, 3.63) is 36.5 Å². The zero-order valence-electron chi connectivity index (χ0n) is 13.0. The molecule has 1 atom stereocenters. The maximum absolute atomic E-state index is 11.2. The molecule has 0 bridgehead atoms. The summed E-state index contributed by atoms with van der Waals surface area (Å²) in [5.74, 6) is 0.332. The summed E-state index contributed by atoms with van der Waals surface area (Å²) in [4.78, 5) is 18.1. The molecule has 0 radical (unpaired) electrons. The summed E-state index contributed by atoms with van der Waals surface area (Å²) in [6, 6.07) is 10.0. The van der Waals surface area contributed by atoms with Crippen LogP contribution in [0.3, 0.4) is 0 Å². The number of aromatic nitrogens is 1. The van der Waals surface area contributed by atoms with E-state index in [1.165, 1.54) is 10.8 Å². The van der Waals surface area contributed by atoms with Crippen molar-refractivity contribution in [2.24, 2.45) is 5.41 Å². The van der Waals surface area contributed by atoms with Crippen LogP contribution < -0.4 is 10.2 Å². The van der Waals surface area contributed by atoms with Gasteiger partial charge < -0.3 is 15.3 Å². The van der Waals surface area contributed by atoms with Crippen molar-refractivity contribution in [2.75, 3.05) is 24.5 Å². The van der Waals surface area contributed by atoms with Crippen molar-refractivity contribution in [1.29, 1.82) is 0 Å². The molecule has 5 nitrogen and oxygen atoms in total. The molecule has 5 heteroatoms. The Bertz CT molecular complexity index is 733. The van der Waals surface area contributed by atoms with Gasteiger partial charge in [-0.25, -0.2) is 4.98 Å². The molecule has 1 aromatic carbocycles. The fraction of sp³-hybridized carbons (Fsp3) is 0.444. The second-order valence-electron chi connectivity index (χ2n) is 6.82. The topological polar surface area (TPSA) is 65.5 Å². The second kappa shape index (κ2) is 5.49. The number of fused-ring (bicyclic) bond motifs is 1. The fourth-order valence-electron chi connectivity index (χ4n) is 4.02. The van der Waals surface area contributed by atoms with Crippen LogP contribution in [-0.4, -0.2) is 41.7 Å². The highest BCUT2D eigenvalue weighted by Gasteiger charge is 2.43. The first-order valence-corrected chi connectivity index (χ1v) is 8.22. The highest BCUT2D eigenvalue weighted by atomic mass is 16.4. The minimum Gasteiger partial charge on any atom is -0.480 e. The number of rotatable bonds is 2. The number of hydrogen-bond donors (Lipinski definition) is 2. The summed E-state index contributed by atoms with van der Waals surface area (Å²) in [5, 5.41) is 14.8. The number of aliphatic carboxylic acids is 1. The number of carbonyl (C=O) groups is 1. The molecule has 23 heavy (non-hydrogen) atoms. The quantitative estimate of drug-likeness (QED) is 0.890. The van der Waals surface area contributed by atoms with Gasteiger partial charge in [0.1, 0.15) is 11.9 Å². The van der Waals surface area contributed by atoms with E-state index in [4.69, 9.17) is 0 Å². The van der Waals surface area contributed by atoms with E-state index >= 15 is 0 Å². The third kappa shape index (κ3) is 2.55. The van der Waals surface area contributed by atoms with Crippen molar-refractivity contribution < 1.29 is 9.90 Å². The van der Waals surface area contributed by atoms with Crippen LogP contribution in [0, 0.1) is 5.41 Å². The normalized spacial score (nSPS) is 23.5. The fourth-order valence-corrected chi connectivity index (χ4v) is 4.02. The van der Waals surface area contributed by atoms with E-state index in [9.17, 15) is 9.90 Å². The van der Waals surface area contributed by atoms with Crippen LogP contribution in [0.25, 0.3) is 10.8 Å². The lowest BCUT2D eigenvalue weighted by atomic mass is 9.76. The molecule has 4 rings (SSSR count). The van der Waals surface area contributed by atoms with Crippen LogP contribution in [0.2, 0.25) is 0 Å². The van der Waals surface area contributed by atoms with E-state index < -0.39 is 5.97 Å². The molecule has 2 aliphatic heterocycles. The average Bonchev–Trinajstić information content (AvgIpc) is 2.99. The van der Waals surface area contributed by atoms with E-state index in [1.807, 2.05) is 18.3 Å². The Morgan fingerprint density at radius 3 is 2.78 bits per heavy atom.